The Labute approximate surface area is 78.5 Å². The SMILES string of the molecule is Cc1cn2c(CC(=O)O)csc2n1. The van der Waals surface area contributed by atoms with E-state index in [-0.39, 0.29) is 6.42 Å². The molecule has 0 saturated heterocycles. The minimum absolute atomic E-state index is 0.0514. The standard InChI is InChI=1S/C8H8N2O2S/c1-5-3-10-6(2-7(11)12)4-13-8(10)9-5/h3-4H,2H2,1H3,(H,11,12). The summed E-state index contributed by atoms with van der Waals surface area (Å²) in [6, 6.07) is 0. The number of nitrogens with zero attached hydrogens (tertiary/aromatic N) is 2. The number of imidazole rings is 1. The summed E-state index contributed by atoms with van der Waals surface area (Å²) in [7, 11) is 0. The second kappa shape index (κ2) is 2.85. The average molecular weight is 196 g/mol. The monoisotopic (exact) mass is 196 g/mol. The molecule has 0 saturated carbocycles. The number of aliphatic carboxylic acids is 1. The highest BCUT2D eigenvalue weighted by atomic mass is 32.1. The van der Waals surface area contributed by atoms with E-state index >= 15 is 0 Å². The Balaban J connectivity index is 2.50. The number of hydrogen-bond donors (Lipinski definition) is 1. The van der Waals surface area contributed by atoms with Crippen molar-refractivity contribution < 1.29 is 9.90 Å². The maximum atomic E-state index is 10.5. The predicted molar refractivity (Wildman–Crippen MR) is 49.1 cm³/mol. The van der Waals surface area contributed by atoms with E-state index in [0.29, 0.717) is 0 Å². The molecule has 0 aromatic carbocycles. The van der Waals surface area contributed by atoms with E-state index in [1.165, 1.54) is 11.3 Å². The minimum Gasteiger partial charge on any atom is -0.481 e. The van der Waals surface area contributed by atoms with Crippen LogP contribution < -0.4 is 0 Å². The molecule has 0 aliphatic carbocycles. The molecule has 0 aliphatic heterocycles. The first-order valence-electron chi connectivity index (χ1n) is 3.80. The van der Waals surface area contributed by atoms with Gasteiger partial charge in [-0.3, -0.25) is 9.20 Å². The molecule has 2 aromatic rings. The van der Waals surface area contributed by atoms with Gasteiger partial charge < -0.3 is 5.11 Å². The largest absolute Gasteiger partial charge is 0.481 e. The maximum absolute atomic E-state index is 10.5. The van der Waals surface area contributed by atoms with Gasteiger partial charge in [-0.2, -0.15) is 0 Å². The van der Waals surface area contributed by atoms with Gasteiger partial charge in [0.05, 0.1) is 12.1 Å². The Bertz CT molecular complexity index is 458. The third-order valence-electron chi connectivity index (χ3n) is 1.74. The van der Waals surface area contributed by atoms with E-state index < -0.39 is 5.97 Å². The van der Waals surface area contributed by atoms with Crippen LogP contribution in [-0.2, 0) is 11.2 Å². The van der Waals surface area contributed by atoms with E-state index in [0.717, 1.165) is 16.3 Å². The smallest absolute Gasteiger partial charge is 0.309 e. The van der Waals surface area contributed by atoms with Gasteiger partial charge >= 0.3 is 5.97 Å². The molecule has 0 aliphatic rings. The molecule has 4 nitrogen and oxygen atoms in total. The van der Waals surface area contributed by atoms with Gasteiger partial charge in [0.15, 0.2) is 4.96 Å². The zero-order valence-electron chi connectivity index (χ0n) is 7.02. The third-order valence-corrected chi connectivity index (χ3v) is 2.62. The van der Waals surface area contributed by atoms with Crippen LogP contribution in [-0.4, -0.2) is 20.5 Å². The number of thiazole rings is 1. The van der Waals surface area contributed by atoms with Crippen molar-refractivity contribution >= 4 is 22.3 Å². The zero-order chi connectivity index (χ0) is 9.42. The molecule has 0 atom stereocenters. The lowest BCUT2D eigenvalue weighted by Gasteiger charge is -1.92. The first-order chi connectivity index (χ1) is 6.16. The van der Waals surface area contributed by atoms with Crippen molar-refractivity contribution in [3.05, 3.63) is 23.0 Å². The van der Waals surface area contributed by atoms with Crippen LogP contribution >= 0.6 is 11.3 Å². The minimum atomic E-state index is -0.814. The Morgan fingerprint density at radius 1 is 1.77 bits per heavy atom. The van der Waals surface area contributed by atoms with Crippen LogP contribution in [0.5, 0.6) is 0 Å². The molecule has 2 heterocycles. The maximum Gasteiger partial charge on any atom is 0.309 e. The number of aryl methyl sites for hydroxylation is 1. The van der Waals surface area contributed by atoms with E-state index in [4.69, 9.17) is 5.11 Å². The lowest BCUT2D eigenvalue weighted by atomic mass is 10.3. The Morgan fingerprint density at radius 2 is 2.54 bits per heavy atom. The molecule has 0 bridgehead atoms. The van der Waals surface area contributed by atoms with Crippen LogP contribution in [0.2, 0.25) is 0 Å². The fourth-order valence-electron chi connectivity index (χ4n) is 1.22. The van der Waals surface area contributed by atoms with Gasteiger partial charge in [0.1, 0.15) is 0 Å². The zero-order valence-corrected chi connectivity index (χ0v) is 7.84. The predicted octanol–water partition coefficient (Wildman–Crippen LogP) is 1.33. The van der Waals surface area contributed by atoms with Gasteiger partial charge in [-0.05, 0) is 6.92 Å². The van der Waals surface area contributed by atoms with Gasteiger partial charge in [-0.15, -0.1) is 11.3 Å². The summed E-state index contributed by atoms with van der Waals surface area (Å²) in [6.45, 7) is 1.89. The van der Waals surface area contributed by atoms with Crippen LogP contribution in [0.4, 0.5) is 0 Å². The van der Waals surface area contributed by atoms with Crippen molar-refractivity contribution in [3.8, 4) is 0 Å². The van der Waals surface area contributed by atoms with Crippen molar-refractivity contribution in [2.75, 3.05) is 0 Å². The van der Waals surface area contributed by atoms with Crippen molar-refractivity contribution in [2.24, 2.45) is 0 Å². The number of carboxylic acid groups (broad SMARTS) is 1. The molecule has 5 heteroatoms. The normalized spacial score (nSPS) is 10.8. The topological polar surface area (TPSA) is 54.6 Å². The fourth-order valence-corrected chi connectivity index (χ4v) is 2.14. The third kappa shape index (κ3) is 1.42. The number of rotatable bonds is 2. The van der Waals surface area contributed by atoms with Crippen molar-refractivity contribution in [3.63, 3.8) is 0 Å². The quantitative estimate of drug-likeness (QED) is 0.788. The fraction of sp³-hybridized carbons (Fsp3) is 0.250. The molecular formula is C8H8N2O2S. The van der Waals surface area contributed by atoms with Gasteiger partial charge in [-0.25, -0.2) is 4.98 Å². The number of carboxylic acids is 1. The molecule has 2 rings (SSSR count). The molecule has 13 heavy (non-hydrogen) atoms. The lowest BCUT2D eigenvalue weighted by Crippen LogP contribution is -2.01. The number of aromatic nitrogens is 2. The molecule has 0 amide bonds. The van der Waals surface area contributed by atoms with E-state index in [1.54, 1.807) is 0 Å². The van der Waals surface area contributed by atoms with Gasteiger partial charge in [0.25, 0.3) is 0 Å². The second-order valence-corrected chi connectivity index (χ2v) is 3.67. The summed E-state index contributed by atoms with van der Waals surface area (Å²) >= 11 is 1.47. The molecule has 0 unspecified atom stereocenters. The molecule has 2 aromatic heterocycles. The summed E-state index contributed by atoms with van der Waals surface area (Å²) in [5.74, 6) is -0.814. The summed E-state index contributed by atoms with van der Waals surface area (Å²) < 4.78 is 1.83. The second-order valence-electron chi connectivity index (χ2n) is 2.83. The first-order valence-corrected chi connectivity index (χ1v) is 4.68. The highest BCUT2D eigenvalue weighted by Gasteiger charge is 2.08. The van der Waals surface area contributed by atoms with Gasteiger partial charge in [0.2, 0.25) is 0 Å². The summed E-state index contributed by atoms with van der Waals surface area (Å²) in [5.41, 5.74) is 1.70. The molecule has 0 radical (unpaired) electrons. The molecule has 1 N–H and O–H groups in total. The van der Waals surface area contributed by atoms with Crippen LogP contribution in [0.15, 0.2) is 11.6 Å². The Kier molecular flexibility index (Phi) is 1.81. The van der Waals surface area contributed by atoms with Crippen LogP contribution in [0.1, 0.15) is 11.4 Å². The highest BCUT2D eigenvalue weighted by Crippen LogP contribution is 2.16. The van der Waals surface area contributed by atoms with Crippen molar-refractivity contribution in [1.29, 1.82) is 0 Å². The molecule has 68 valence electrons. The Morgan fingerprint density at radius 3 is 3.23 bits per heavy atom. The summed E-state index contributed by atoms with van der Waals surface area (Å²) in [5, 5.41) is 10.5. The Hall–Kier alpha value is -1.36. The lowest BCUT2D eigenvalue weighted by molar-refractivity contribution is -0.136. The van der Waals surface area contributed by atoms with Crippen molar-refractivity contribution in [2.45, 2.75) is 13.3 Å². The van der Waals surface area contributed by atoms with E-state index in [2.05, 4.69) is 4.98 Å². The summed E-state index contributed by atoms with van der Waals surface area (Å²) in [6.07, 6.45) is 1.90. The average Bonchev–Trinajstić information content (AvgIpc) is 2.51. The van der Waals surface area contributed by atoms with E-state index in [1.807, 2.05) is 22.9 Å². The highest BCUT2D eigenvalue weighted by molar-refractivity contribution is 7.15. The molecule has 0 spiro atoms. The van der Waals surface area contributed by atoms with Gasteiger partial charge in [0, 0.05) is 17.3 Å². The van der Waals surface area contributed by atoms with Crippen molar-refractivity contribution in [1.82, 2.24) is 9.38 Å². The first kappa shape index (κ1) is 8.25. The van der Waals surface area contributed by atoms with Crippen LogP contribution in [0.25, 0.3) is 4.96 Å². The van der Waals surface area contributed by atoms with E-state index in [9.17, 15) is 4.79 Å². The number of hydrogen-bond acceptors (Lipinski definition) is 3. The molecule has 0 fully saturated rings. The summed E-state index contributed by atoms with van der Waals surface area (Å²) in [4.78, 5) is 15.6. The van der Waals surface area contributed by atoms with Crippen LogP contribution in [0.3, 0.4) is 0 Å². The van der Waals surface area contributed by atoms with Gasteiger partial charge in [-0.1, -0.05) is 0 Å². The molecular weight excluding hydrogens is 188 g/mol. The van der Waals surface area contributed by atoms with Crippen LogP contribution in [0, 0.1) is 6.92 Å². The number of carbonyl (C=O) groups is 1. The number of fused-ring (bicyclic) bond motifs is 1.